The van der Waals surface area contributed by atoms with Gasteiger partial charge in [-0.3, -0.25) is 9.59 Å². The molecule has 0 atom stereocenters. The van der Waals surface area contributed by atoms with Crippen molar-refractivity contribution in [2.24, 2.45) is 0 Å². The zero-order valence-electron chi connectivity index (χ0n) is 26.7. The molecule has 0 saturated heterocycles. The molecule has 0 fully saturated rings. The Labute approximate surface area is 302 Å². The fraction of sp³-hybridized carbons (Fsp3) is 0.0732. The largest absolute Gasteiger partial charge is 0.457 e. The Hall–Kier alpha value is -5.18. The van der Waals surface area contributed by atoms with Crippen molar-refractivity contribution < 1.29 is 19.1 Å². The van der Waals surface area contributed by atoms with Gasteiger partial charge in [0.15, 0.2) is 0 Å². The van der Waals surface area contributed by atoms with Gasteiger partial charge in [-0.1, -0.05) is 70.0 Å². The lowest BCUT2D eigenvalue weighted by Gasteiger charge is -2.26. The summed E-state index contributed by atoms with van der Waals surface area (Å²) >= 11 is 6.77. The maximum absolute atomic E-state index is 12.5. The number of hydrogen-bond donors (Lipinski definition) is 2. The molecule has 0 aliphatic carbocycles. The SMILES string of the molecule is CC(C)(c1ccc(Oc2ccc(NC(=O)c3ccc(Br)cc3)cc2)cc1)c1ccc(Oc2ccc(NC(=O)c3ccc(Br)cc3)cc2)cc1. The van der Waals surface area contributed by atoms with Crippen LogP contribution in [0.15, 0.2) is 155 Å². The molecule has 6 nitrogen and oxygen atoms in total. The van der Waals surface area contributed by atoms with Crippen LogP contribution in [0.2, 0.25) is 0 Å². The Kier molecular flexibility index (Phi) is 10.3. The van der Waals surface area contributed by atoms with E-state index in [0.717, 1.165) is 20.1 Å². The van der Waals surface area contributed by atoms with E-state index in [0.29, 0.717) is 45.5 Å². The monoisotopic (exact) mass is 774 g/mol. The second-order valence-corrected chi connectivity index (χ2v) is 13.7. The third kappa shape index (κ3) is 8.65. The van der Waals surface area contributed by atoms with Gasteiger partial charge in [-0.15, -0.1) is 0 Å². The first kappa shape index (κ1) is 33.7. The summed E-state index contributed by atoms with van der Waals surface area (Å²) in [6, 6.07) is 45.1. The molecule has 2 amide bonds. The number of rotatable bonds is 10. The fourth-order valence-corrected chi connectivity index (χ4v) is 5.67. The zero-order chi connectivity index (χ0) is 34.4. The van der Waals surface area contributed by atoms with Crippen LogP contribution in [0, 0.1) is 0 Å². The minimum atomic E-state index is -0.263. The van der Waals surface area contributed by atoms with Gasteiger partial charge in [0.05, 0.1) is 0 Å². The van der Waals surface area contributed by atoms with Crippen LogP contribution < -0.4 is 20.1 Å². The third-order valence-corrected chi connectivity index (χ3v) is 9.12. The Balaban J connectivity index is 1.02. The molecule has 0 bridgehead atoms. The second-order valence-electron chi connectivity index (χ2n) is 11.8. The number of benzene rings is 6. The van der Waals surface area contributed by atoms with E-state index in [4.69, 9.17) is 9.47 Å². The number of nitrogens with one attached hydrogen (secondary N) is 2. The Morgan fingerprint density at radius 2 is 0.735 bits per heavy atom. The molecule has 8 heteroatoms. The molecular formula is C41H32Br2N2O4. The highest BCUT2D eigenvalue weighted by Gasteiger charge is 2.23. The lowest BCUT2D eigenvalue weighted by Crippen LogP contribution is -2.18. The van der Waals surface area contributed by atoms with Gasteiger partial charge < -0.3 is 20.1 Å². The highest BCUT2D eigenvalue weighted by molar-refractivity contribution is 9.10. The van der Waals surface area contributed by atoms with Crippen molar-refractivity contribution in [1.29, 1.82) is 0 Å². The number of anilines is 2. The van der Waals surface area contributed by atoms with E-state index < -0.39 is 0 Å². The summed E-state index contributed by atoms with van der Waals surface area (Å²) in [5, 5.41) is 5.81. The summed E-state index contributed by atoms with van der Waals surface area (Å²) in [7, 11) is 0. The minimum absolute atomic E-state index is 0.173. The van der Waals surface area contributed by atoms with Gasteiger partial charge >= 0.3 is 0 Å². The van der Waals surface area contributed by atoms with E-state index in [1.54, 1.807) is 24.3 Å². The molecule has 0 spiro atoms. The fourth-order valence-electron chi connectivity index (χ4n) is 5.14. The first-order valence-corrected chi connectivity index (χ1v) is 17.1. The predicted molar refractivity (Wildman–Crippen MR) is 202 cm³/mol. The van der Waals surface area contributed by atoms with Gasteiger partial charge in [-0.25, -0.2) is 0 Å². The number of hydrogen-bond acceptors (Lipinski definition) is 4. The van der Waals surface area contributed by atoms with Crippen molar-refractivity contribution in [3.8, 4) is 23.0 Å². The van der Waals surface area contributed by atoms with Gasteiger partial charge in [0.2, 0.25) is 0 Å². The topological polar surface area (TPSA) is 76.7 Å². The van der Waals surface area contributed by atoms with E-state index >= 15 is 0 Å². The van der Waals surface area contributed by atoms with Crippen LogP contribution >= 0.6 is 31.9 Å². The van der Waals surface area contributed by atoms with E-state index in [-0.39, 0.29) is 17.2 Å². The van der Waals surface area contributed by atoms with Gasteiger partial charge in [0, 0.05) is 36.9 Å². The highest BCUT2D eigenvalue weighted by atomic mass is 79.9. The molecule has 0 saturated carbocycles. The summed E-state index contributed by atoms with van der Waals surface area (Å²) < 4.78 is 14.0. The van der Waals surface area contributed by atoms with Crippen molar-refractivity contribution in [1.82, 2.24) is 0 Å². The first-order chi connectivity index (χ1) is 23.6. The van der Waals surface area contributed by atoms with Gasteiger partial charge in [-0.05, 0) is 132 Å². The normalized spacial score (nSPS) is 11.0. The number of ether oxygens (including phenoxy) is 2. The predicted octanol–water partition coefficient (Wildman–Crippen LogP) is 11.6. The van der Waals surface area contributed by atoms with Crippen LogP contribution in [0.4, 0.5) is 11.4 Å². The van der Waals surface area contributed by atoms with Gasteiger partial charge in [0.25, 0.3) is 11.8 Å². The molecule has 2 N–H and O–H groups in total. The van der Waals surface area contributed by atoms with Crippen LogP contribution in [-0.4, -0.2) is 11.8 Å². The number of halogens is 2. The molecule has 0 aromatic heterocycles. The maximum Gasteiger partial charge on any atom is 0.255 e. The minimum Gasteiger partial charge on any atom is -0.457 e. The average Bonchev–Trinajstić information content (AvgIpc) is 3.11. The number of amides is 2. The third-order valence-electron chi connectivity index (χ3n) is 8.06. The van der Waals surface area contributed by atoms with Crippen molar-refractivity contribution in [3.05, 3.63) is 177 Å². The molecule has 6 aromatic rings. The molecule has 244 valence electrons. The van der Waals surface area contributed by atoms with Crippen molar-refractivity contribution in [3.63, 3.8) is 0 Å². The summed E-state index contributed by atoms with van der Waals surface area (Å²) in [6.07, 6.45) is 0. The Morgan fingerprint density at radius 1 is 0.449 bits per heavy atom. The van der Waals surface area contributed by atoms with E-state index in [2.05, 4.69) is 80.6 Å². The second kappa shape index (κ2) is 14.9. The van der Waals surface area contributed by atoms with E-state index in [9.17, 15) is 9.59 Å². The zero-order valence-corrected chi connectivity index (χ0v) is 29.9. The lowest BCUT2D eigenvalue weighted by molar-refractivity contribution is 0.101. The van der Waals surface area contributed by atoms with Crippen LogP contribution in [0.1, 0.15) is 45.7 Å². The van der Waals surface area contributed by atoms with Crippen LogP contribution in [0.3, 0.4) is 0 Å². The van der Waals surface area contributed by atoms with Gasteiger partial charge in [0.1, 0.15) is 23.0 Å². The molecule has 0 aliphatic heterocycles. The summed E-state index contributed by atoms with van der Waals surface area (Å²) in [5.74, 6) is 2.43. The van der Waals surface area contributed by atoms with Crippen LogP contribution in [0.5, 0.6) is 23.0 Å². The molecule has 0 heterocycles. The molecular weight excluding hydrogens is 744 g/mol. The summed E-state index contributed by atoms with van der Waals surface area (Å²) in [6.45, 7) is 4.36. The number of carbonyl (C=O) groups is 2. The Bertz CT molecular complexity index is 1890. The standard InChI is InChI=1S/C41H32Br2N2O4/c1-41(2,29-7-19-35(20-8-29)48-37-23-15-33(16-24-37)44-39(46)27-3-11-31(42)12-4-27)30-9-21-36(22-10-30)49-38-25-17-34(18-26-38)45-40(47)28-5-13-32(43)14-6-28/h3-26H,1-2H3,(H,44,46)(H,45,47). The molecule has 0 unspecified atom stereocenters. The molecule has 6 rings (SSSR count). The average molecular weight is 777 g/mol. The van der Waals surface area contributed by atoms with E-state index in [1.807, 2.05) is 97.1 Å². The van der Waals surface area contributed by atoms with Crippen LogP contribution in [0.25, 0.3) is 0 Å². The molecule has 6 aromatic carbocycles. The molecule has 49 heavy (non-hydrogen) atoms. The molecule has 0 radical (unpaired) electrons. The van der Waals surface area contributed by atoms with Crippen molar-refractivity contribution >= 4 is 55.0 Å². The van der Waals surface area contributed by atoms with Crippen molar-refractivity contribution in [2.75, 3.05) is 10.6 Å². The summed E-state index contributed by atoms with van der Waals surface area (Å²) in [4.78, 5) is 25.0. The number of carbonyl (C=O) groups excluding carboxylic acids is 2. The highest BCUT2D eigenvalue weighted by Crippen LogP contribution is 2.35. The van der Waals surface area contributed by atoms with Crippen LogP contribution in [-0.2, 0) is 5.41 Å². The quantitative estimate of drug-likeness (QED) is 0.145. The van der Waals surface area contributed by atoms with Crippen molar-refractivity contribution in [2.45, 2.75) is 19.3 Å². The lowest BCUT2D eigenvalue weighted by atomic mass is 9.78. The Morgan fingerprint density at radius 3 is 1.04 bits per heavy atom. The smallest absolute Gasteiger partial charge is 0.255 e. The maximum atomic E-state index is 12.5. The van der Waals surface area contributed by atoms with E-state index in [1.165, 1.54) is 0 Å². The van der Waals surface area contributed by atoms with Gasteiger partial charge in [-0.2, -0.15) is 0 Å². The first-order valence-electron chi connectivity index (χ1n) is 15.5. The summed E-state index contributed by atoms with van der Waals surface area (Å²) in [5.41, 5.74) is 4.55. The molecule has 0 aliphatic rings.